The summed E-state index contributed by atoms with van der Waals surface area (Å²) in [6.07, 6.45) is 3.29. The van der Waals surface area contributed by atoms with Crippen molar-refractivity contribution in [1.29, 1.82) is 0 Å². The van der Waals surface area contributed by atoms with Crippen molar-refractivity contribution in [2.75, 3.05) is 0 Å². The van der Waals surface area contributed by atoms with Gasteiger partial charge in [0.15, 0.2) is 0 Å². The van der Waals surface area contributed by atoms with Crippen LogP contribution in [0.1, 0.15) is 41.7 Å². The molecule has 1 atom stereocenters. The molecule has 0 spiro atoms. The van der Waals surface area contributed by atoms with Gasteiger partial charge in [-0.1, -0.05) is 43.7 Å². The first kappa shape index (κ1) is 14.1. The lowest BCUT2D eigenvalue weighted by Crippen LogP contribution is -2.29. The third kappa shape index (κ3) is 3.57. The molecule has 2 aromatic rings. The molecule has 20 heavy (non-hydrogen) atoms. The molecule has 0 fully saturated rings. The summed E-state index contributed by atoms with van der Waals surface area (Å²) in [5.41, 5.74) is 1.34. The minimum atomic E-state index is -0.213. The van der Waals surface area contributed by atoms with Gasteiger partial charge in [0, 0.05) is 12.3 Å². The third-order valence-electron chi connectivity index (χ3n) is 3.13. The fourth-order valence-electron chi connectivity index (χ4n) is 2.09. The molecule has 1 aromatic carbocycles. The minimum absolute atomic E-state index is 0.0133. The van der Waals surface area contributed by atoms with Crippen LogP contribution in [0.2, 0.25) is 0 Å². The lowest BCUT2D eigenvalue weighted by Gasteiger charge is -2.18. The Balaban J connectivity index is 2.14. The smallest absolute Gasteiger partial charge is 0.253 e. The zero-order valence-corrected chi connectivity index (χ0v) is 11.4. The van der Waals surface area contributed by atoms with E-state index in [0.29, 0.717) is 5.56 Å². The number of rotatable bonds is 5. The van der Waals surface area contributed by atoms with Crippen molar-refractivity contribution in [2.45, 2.75) is 25.8 Å². The van der Waals surface area contributed by atoms with Crippen molar-refractivity contribution in [1.82, 2.24) is 10.3 Å². The van der Waals surface area contributed by atoms with E-state index in [9.17, 15) is 9.59 Å². The molecule has 4 heteroatoms. The molecule has 1 unspecified atom stereocenters. The van der Waals surface area contributed by atoms with Crippen molar-refractivity contribution in [3.05, 3.63) is 70.1 Å². The first-order valence-corrected chi connectivity index (χ1v) is 6.75. The quantitative estimate of drug-likeness (QED) is 0.877. The monoisotopic (exact) mass is 270 g/mol. The van der Waals surface area contributed by atoms with E-state index < -0.39 is 0 Å². The Morgan fingerprint density at radius 1 is 1.20 bits per heavy atom. The van der Waals surface area contributed by atoms with Crippen LogP contribution >= 0.6 is 0 Å². The molecule has 0 aliphatic heterocycles. The van der Waals surface area contributed by atoms with E-state index in [1.54, 1.807) is 0 Å². The van der Waals surface area contributed by atoms with E-state index in [2.05, 4.69) is 17.2 Å². The summed E-state index contributed by atoms with van der Waals surface area (Å²) in [6.45, 7) is 2.09. The molecule has 0 saturated carbocycles. The van der Waals surface area contributed by atoms with Gasteiger partial charge < -0.3 is 10.3 Å². The number of hydrogen-bond donors (Lipinski definition) is 2. The molecule has 4 nitrogen and oxygen atoms in total. The molecule has 2 rings (SSSR count). The Labute approximate surface area is 117 Å². The molecule has 0 radical (unpaired) electrons. The van der Waals surface area contributed by atoms with Gasteiger partial charge in [0.05, 0.1) is 11.6 Å². The van der Waals surface area contributed by atoms with Crippen molar-refractivity contribution in [2.24, 2.45) is 0 Å². The largest absolute Gasteiger partial charge is 0.345 e. The number of aromatic nitrogens is 1. The minimum Gasteiger partial charge on any atom is -0.345 e. The Kier molecular flexibility index (Phi) is 4.71. The van der Waals surface area contributed by atoms with Crippen LogP contribution in [0.3, 0.4) is 0 Å². The maximum atomic E-state index is 12.2. The Morgan fingerprint density at radius 3 is 2.55 bits per heavy atom. The first-order valence-electron chi connectivity index (χ1n) is 6.75. The van der Waals surface area contributed by atoms with E-state index in [1.807, 2.05) is 30.3 Å². The van der Waals surface area contributed by atoms with Crippen LogP contribution < -0.4 is 10.9 Å². The molecule has 104 valence electrons. The second-order valence-electron chi connectivity index (χ2n) is 4.67. The van der Waals surface area contributed by atoms with Crippen LogP contribution in [0.25, 0.3) is 0 Å². The van der Waals surface area contributed by atoms with Crippen LogP contribution in [-0.4, -0.2) is 10.9 Å². The number of carbonyl (C=O) groups is 1. The topological polar surface area (TPSA) is 62.0 Å². The van der Waals surface area contributed by atoms with Crippen molar-refractivity contribution < 1.29 is 4.79 Å². The Bertz CT molecular complexity index is 599. The van der Waals surface area contributed by atoms with E-state index in [0.717, 1.165) is 18.4 Å². The van der Waals surface area contributed by atoms with Gasteiger partial charge in [0.1, 0.15) is 0 Å². The number of nitrogens with one attached hydrogen (secondary N) is 2. The van der Waals surface area contributed by atoms with Gasteiger partial charge in [-0.3, -0.25) is 9.59 Å². The molecule has 2 N–H and O–H groups in total. The lowest BCUT2D eigenvalue weighted by molar-refractivity contribution is 0.0934. The maximum absolute atomic E-state index is 12.2. The van der Waals surface area contributed by atoms with E-state index in [-0.39, 0.29) is 17.5 Å². The Morgan fingerprint density at radius 2 is 1.95 bits per heavy atom. The molecule has 1 amide bonds. The number of hydrogen-bond acceptors (Lipinski definition) is 2. The van der Waals surface area contributed by atoms with Crippen molar-refractivity contribution in [3.8, 4) is 0 Å². The van der Waals surface area contributed by atoms with Gasteiger partial charge in [-0.25, -0.2) is 0 Å². The van der Waals surface area contributed by atoms with Crippen LogP contribution in [0.4, 0.5) is 0 Å². The van der Waals surface area contributed by atoms with E-state index in [1.165, 1.54) is 18.3 Å². The number of H-pyrrole nitrogens is 1. The summed E-state index contributed by atoms with van der Waals surface area (Å²) < 4.78 is 0. The van der Waals surface area contributed by atoms with Crippen molar-refractivity contribution >= 4 is 5.91 Å². The van der Waals surface area contributed by atoms with Crippen LogP contribution in [0.5, 0.6) is 0 Å². The standard InChI is InChI=1S/C16H18N2O2/c1-2-6-14(12-7-4-3-5-8-12)18-16(20)13-9-10-15(19)17-11-13/h3-5,7-11,14H,2,6H2,1H3,(H,17,19)(H,18,20). The molecule has 1 aromatic heterocycles. The summed E-state index contributed by atoms with van der Waals surface area (Å²) in [4.78, 5) is 25.7. The average molecular weight is 270 g/mol. The predicted octanol–water partition coefficient (Wildman–Crippen LogP) is 2.65. The predicted molar refractivity (Wildman–Crippen MR) is 78.6 cm³/mol. The van der Waals surface area contributed by atoms with Crippen LogP contribution in [0.15, 0.2) is 53.5 Å². The van der Waals surface area contributed by atoms with E-state index in [4.69, 9.17) is 0 Å². The van der Waals surface area contributed by atoms with E-state index >= 15 is 0 Å². The number of amides is 1. The molecule has 0 aliphatic carbocycles. The highest BCUT2D eigenvalue weighted by Crippen LogP contribution is 2.18. The van der Waals surface area contributed by atoms with Gasteiger partial charge in [-0.15, -0.1) is 0 Å². The molecule has 0 saturated heterocycles. The summed E-state index contributed by atoms with van der Waals surface area (Å²) in [5, 5.41) is 3.01. The van der Waals surface area contributed by atoms with Gasteiger partial charge in [-0.05, 0) is 18.1 Å². The fourth-order valence-corrected chi connectivity index (χ4v) is 2.09. The third-order valence-corrected chi connectivity index (χ3v) is 3.13. The van der Waals surface area contributed by atoms with Crippen LogP contribution in [-0.2, 0) is 0 Å². The average Bonchev–Trinajstić information content (AvgIpc) is 2.48. The van der Waals surface area contributed by atoms with Gasteiger partial charge in [0.2, 0.25) is 5.56 Å². The lowest BCUT2D eigenvalue weighted by atomic mass is 10.0. The van der Waals surface area contributed by atoms with Gasteiger partial charge in [-0.2, -0.15) is 0 Å². The highest BCUT2D eigenvalue weighted by molar-refractivity contribution is 5.94. The number of carbonyl (C=O) groups excluding carboxylic acids is 1. The summed E-state index contributed by atoms with van der Waals surface area (Å²) >= 11 is 0. The van der Waals surface area contributed by atoms with Crippen molar-refractivity contribution in [3.63, 3.8) is 0 Å². The number of aromatic amines is 1. The summed E-state index contributed by atoms with van der Waals surface area (Å²) in [6, 6.07) is 12.8. The van der Waals surface area contributed by atoms with Gasteiger partial charge >= 0.3 is 0 Å². The maximum Gasteiger partial charge on any atom is 0.253 e. The zero-order chi connectivity index (χ0) is 14.4. The molecule has 1 heterocycles. The zero-order valence-electron chi connectivity index (χ0n) is 11.4. The van der Waals surface area contributed by atoms with Crippen LogP contribution in [0, 0.1) is 0 Å². The number of benzene rings is 1. The molecule has 0 bridgehead atoms. The molecular weight excluding hydrogens is 252 g/mol. The normalized spacial score (nSPS) is 11.8. The van der Waals surface area contributed by atoms with Gasteiger partial charge in [0.25, 0.3) is 5.91 Å². The highest BCUT2D eigenvalue weighted by Gasteiger charge is 2.14. The highest BCUT2D eigenvalue weighted by atomic mass is 16.2. The summed E-state index contributed by atoms with van der Waals surface area (Å²) in [7, 11) is 0. The number of pyridine rings is 1. The SMILES string of the molecule is CCCC(NC(=O)c1ccc(=O)[nH]c1)c1ccccc1. The second kappa shape index (κ2) is 6.70. The Hall–Kier alpha value is -2.36. The molecular formula is C16H18N2O2. The molecule has 0 aliphatic rings. The first-order chi connectivity index (χ1) is 9.70. The second-order valence-corrected chi connectivity index (χ2v) is 4.67. The summed E-state index contributed by atoms with van der Waals surface area (Å²) in [5.74, 6) is -0.177. The fraction of sp³-hybridized carbons (Fsp3) is 0.250.